The average Bonchev–Trinajstić information content (AvgIpc) is 3.16. The molecule has 13 heteroatoms. The number of benzene rings is 1. The first-order valence-corrected chi connectivity index (χ1v) is 15.0. The molecule has 1 atom stereocenters. The maximum atomic E-state index is 13.1. The maximum absolute atomic E-state index is 13.1. The highest BCUT2D eigenvalue weighted by Crippen LogP contribution is 2.34. The molecule has 1 unspecified atom stereocenters. The van der Waals surface area contributed by atoms with Crippen LogP contribution in [0, 0.1) is 0 Å². The highest BCUT2D eigenvalue weighted by molar-refractivity contribution is 14.1. The number of carbonyl (C=O) groups excluding carboxylic acids is 4. The van der Waals surface area contributed by atoms with E-state index in [1.807, 2.05) is 0 Å². The van der Waals surface area contributed by atoms with Gasteiger partial charge in [0.05, 0.1) is 77.2 Å². The molecular formula is C25H33IN2O9S. The number of halogens is 1. The molecule has 2 aliphatic heterocycles. The molecule has 1 saturated heterocycles. The zero-order chi connectivity index (χ0) is 27.2. The van der Waals surface area contributed by atoms with Gasteiger partial charge in [-0.3, -0.25) is 29.4 Å². The summed E-state index contributed by atoms with van der Waals surface area (Å²) in [6, 6.07) is 4.09. The highest BCUT2D eigenvalue weighted by Gasteiger charge is 2.45. The third-order valence-electron chi connectivity index (χ3n) is 5.62. The minimum absolute atomic E-state index is 0.0870. The normalized spacial score (nSPS) is 17.3. The van der Waals surface area contributed by atoms with Crippen LogP contribution in [0.5, 0.6) is 0 Å². The predicted molar refractivity (Wildman–Crippen MR) is 147 cm³/mol. The minimum Gasteiger partial charge on any atom is -0.378 e. The first kappa shape index (κ1) is 30.9. The van der Waals surface area contributed by atoms with Crippen LogP contribution in [0.15, 0.2) is 23.1 Å². The summed E-state index contributed by atoms with van der Waals surface area (Å²) in [5.41, 5.74) is 0.569. The number of hydrogen-bond donors (Lipinski definition) is 1. The summed E-state index contributed by atoms with van der Waals surface area (Å²) >= 11 is 3.67. The Balaban J connectivity index is 1.26. The van der Waals surface area contributed by atoms with Gasteiger partial charge in [-0.1, -0.05) is 28.7 Å². The standard InChI is InChI=1S/C25H33IN2O9S/c26-6-7-33-8-9-34-10-11-35-12-13-36-14-15-37-16-17-38-20-3-1-2-18-22(20)25(32)28(24(18)31)19-4-5-21(29)27-23(19)30/h1-3,19H,4-17H2,(H,27,29,30). The molecular weight excluding hydrogens is 631 g/mol. The molecule has 0 radical (unpaired) electrons. The Bertz CT molecular complexity index is 965. The van der Waals surface area contributed by atoms with Crippen LogP contribution >= 0.6 is 34.4 Å². The third-order valence-corrected chi connectivity index (χ3v) is 7.09. The Morgan fingerprint density at radius 1 is 0.816 bits per heavy atom. The summed E-state index contributed by atoms with van der Waals surface area (Å²) in [6.45, 7) is 5.17. The van der Waals surface area contributed by atoms with Crippen LogP contribution in [-0.2, 0) is 33.3 Å². The first-order valence-electron chi connectivity index (χ1n) is 12.5. The van der Waals surface area contributed by atoms with E-state index in [-0.39, 0.29) is 18.4 Å². The van der Waals surface area contributed by atoms with Gasteiger partial charge >= 0.3 is 0 Å². The summed E-state index contributed by atoms with van der Waals surface area (Å²) in [5.74, 6) is -1.47. The molecule has 1 fully saturated rings. The number of amides is 4. The monoisotopic (exact) mass is 664 g/mol. The van der Waals surface area contributed by atoms with Crippen molar-refractivity contribution in [1.29, 1.82) is 0 Å². The molecule has 0 aromatic heterocycles. The van der Waals surface area contributed by atoms with Gasteiger partial charge in [0.15, 0.2) is 0 Å². The lowest BCUT2D eigenvalue weighted by molar-refractivity contribution is -0.136. The van der Waals surface area contributed by atoms with E-state index in [9.17, 15) is 19.2 Å². The first-order chi connectivity index (χ1) is 18.5. The van der Waals surface area contributed by atoms with Crippen molar-refractivity contribution in [2.24, 2.45) is 0 Å². The van der Waals surface area contributed by atoms with E-state index in [1.165, 1.54) is 11.8 Å². The number of fused-ring (bicyclic) bond motifs is 1. The Hall–Kier alpha value is -1.62. The van der Waals surface area contributed by atoms with Gasteiger partial charge in [0.1, 0.15) is 6.04 Å². The summed E-state index contributed by atoms with van der Waals surface area (Å²) in [7, 11) is 0. The van der Waals surface area contributed by atoms with Crippen molar-refractivity contribution in [3.8, 4) is 0 Å². The number of nitrogens with zero attached hydrogens (tertiary/aromatic N) is 1. The number of hydrogen-bond acceptors (Lipinski definition) is 10. The van der Waals surface area contributed by atoms with E-state index in [4.69, 9.17) is 23.7 Å². The number of ether oxygens (including phenoxy) is 5. The molecule has 210 valence electrons. The minimum atomic E-state index is -0.977. The van der Waals surface area contributed by atoms with E-state index >= 15 is 0 Å². The number of imide groups is 2. The van der Waals surface area contributed by atoms with Gasteiger partial charge in [-0.15, -0.1) is 11.8 Å². The number of thioether (sulfide) groups is 1. The highest BCUT2D eigenvalue weighted by atomic mass is 127. The van der Waals surface area contributed by atoms with Crippen molar-refractivity contribution >= 4 is 58.0 Å². The van der Waals surface area contributed by atoms with E-state index < -0.39 is 29.7 Å². The third kappa shape index (κ3) is 9.24. The van der Waals surface area contributed by atoms with Crippen LogP contribution in [0.1, 0.15) is 33.6 Å². The number of alkyl halides is 1. The molecule has 0 saturated carbocycles. The van der Waals surface area contributed by atoms with Crippen LogP contribution in [0.4, 0.5) is 0 Å². The zero-order valence-electron chi connectivity index (χ0n) is 21.1. The largest absolute Gasteiger partial charge is 0.378 e. The number of piperidine rings is 1. The maximum Gasteiger partial charge on any atom is 0.263 e. The Morgan fingerprint density at radius 3 is 1.97 bits per heavy atom. The van der Waals surface area contributed by atoms with Gasteiger partial charge < -0.3 is 23.7 Å². The van der Waals surface area contributed by atoms with Crippen molar-refractivity contribution in [3.05, 3.63) is 29.3 Å². The molecule has 0 bridgehead atoms. The molecule has 4 amide bonds. The lowest BCUT2D eigenvalue weighted by atomic mass is 10.0. The van der Waals surface area contributed by atoms with Crippen LogP contribution in [-0.4, -0.2) is 111 Å². The Morgan fingerprint density at radius 2 is 1.39 bits per heavy atom. The van der Waals surface area contributed by atoms with Crippen LogP contribution < -0.4 is 5.32 Å². The van der Waals surface area contributed by atoms with Gasteiger partial charge in [0.2, 0.25) is 11.8 Å². The fourth-order valence-corrected chi connectivity index (χ4v) is 5.10. The van der Waals surface area contributed by atoms with Gasteiger partial charge in [0.25, 0.3) is 11.8 Å². The van der Waals surface area contributed by atoms with Crippen molar-refractivity contribution < 1.29 is 42.9 Å². The number of rotatable bonds is 19. The zero-order valence-corrected chi connectivity index (χ0v) is 24.1. The summed E-state index contributed by atoms with van der Waals surface area (Å²) in [4.78, 5) is 51.3. The summed E-state index contributed by atoms with van der Waals surface area (Å²) < 4.78 is 28.2. The summed E-state index contributed by atoms with van der Waals surface area (Å²) in [6.07, 6.45) is 0.216. The second-order valence-electron chi connectivity index (χ2n) is 8.23. The second-order valence-corrected chi connectivity index (χ2v) is 10.4. The predicted octanol–water partition coefficient (Wildman–Crippen LogP) is 1.70. The fraction of sp³-hybridized carbons (Fsp3) is 0.600. The Labute approximate surface area is 239 Å². The van der Waals surface area contributed by atoms with E-state index in [0.29, 0.717) is 75.7 Å². The van der Waals surface area contributed by atoms with E-state index in [1.54, 1.807) is 18.2 Å². The quantitative estimate of drug-likeness (QED) is 0.0768. The second kappa shape index (κ2) is 17.2. The molecule has 0 spiro atoms. The molecule has 2 heterocycles. The average molecular weight is 665 g/mol. The van der Waals surface area contributed by atoms with Gasteiger partial charge in [-0.25, -0.2) is 0 Å². The molecule has 2 aliphatic rings. The lowest BCUT2D eigenvalue weighted by Gasteiger charge is -2.27. The van der Waals surface area contributed by atoms with Crippen molar-refractivity contribution in [2.75, 3.05) is 76.2 Å². The molecule has 1 N–H and O–H groups in total. The molecule has 1 aromatic rings. The fourth-order valence-electron chi connectivity index (χ4n) is 3.85. The number of carbonyl (C=O) groups is 4. The molecule has 38 heavy (non-hydrogen) atoms. The van der Waals surface area contributed by atoms with E-state index in [2.05, 4.69) is 27.9 Å². The van der Waals surface area contributed by atoms with Gasteiger partial charge in [-0.2, -0.15) is 0 Å². The number of nitrogens with one attached hydrogen (secondary N) is 1. The molecule has 0 aliphatic carbocycles. The van der Waals surface area contributed by atoms with Crippen molar-refractivity contribution in [1.82, 2.24) is 10.2 Å². The topological polar surface area (TPSA) is 130 Å². The lowest BCUT2D eigenvalue weighted by Crippen LogP contribution is -2.54. The Kier molecular flexibility index (Phi) is 14.0. The summed E-state index contributed by atoms with van der Waals surface area (Å²) in [5, 5.41) is 2.20. The van der Waals surface area contributed by atoms with Crippen LogP contribution in [0.2, 0.25) is 0 Å². The van der Waals surface area contributed by atoms with Gasteiger partial charge in [-0.05, 0) is 18.6 Å². The van der Waals surface area contributed by atoms with Crippen LogP contribution in [0.25, 0.3) is 0 Å². The van der Waals surface area contributed by atoms with Gasteiger partial charge in [0, 0.05) is 21.5 Å². The SMILES string of the molecule is O=C1CCC(N2C(=O)c3cccc(SCCOCCOCCOCCOCCOCCI)c3C2=O)C(=O)N1. The molecule has 1 aromatic carbocycles. The smallest absolute Gasteiger partial charge is 0.263 e. The molecule has 11 nitrogen and oxygen atoms in total. The molecule has 3 rings (SSSR count). The van der Waals surface area contributed by atoms with Crippen molar-refractivity contribution in [3.63, 3.8) is 0 Å². The van der Waals surface area contributed by atoms with E-state index in [0.717, 1.165) is 15.9 Å². The van der Waals surface area contributed by atoms with Crippen molar-refractivity contribution in [2.45, 2.75) is 23.8 Å². The van der Waals surface area contributed by atoms with Crippen LogP contribution in [0.3, 0.4) is 0 Å².